The van der Waals surface area contributed by atoms with E-state index >= 15 is 0 Å². The molecular formula is C16H18N4O2S. The zero-order valence-corrected chi connectivity index (χ0v) is 12.0. The van der Waals surface area contributed by atoms with Gasteiger partial charge in [0.15, 0.2) is 10.8 Å². The van der Waals surface area contributed by atoms with Gasteiger partial charge < -0.3 is 14.5 Å². The van der Waals surface area contributed by atoms with Crippen molar-refractivity contribution in [3.8, 4) is 11.6 Å². The van der Waals surface area contributed by atoms with Gasteiger partial charge in [-0.25, -0.2) is 4.98 Å². The molecule has 3 aromatic rings. The van der Waals surface area contributed by atoms with Crippen molar-refractivity contribution < 1.29 is 30.0 Å². The van der Waals surface area contributed by atoms with Crippen LogP contribution in [0.15, 0.2) is 23.5 Å². The van der Waals surface area contributed by atoms with Crippen LogP contribution in [0.25, 0.3) is 11.2 Å². The Morgan fingerprint density at radius 3 is 3.09 bits per heavy atom. The van der Waals surface area contributed by atoms with Crippen LogP contribution in [0, 0.1) is 13.7 Å². The largest absolute Gasteiger partial charge is 0.496 e. The van der Waals surface area contributed by atoms with Gasteiger partial charge >= 0.3 is 0 Å². The van der Waals surface area contributed by atoms with E-state index in [4.69, 9.17) is 30.0 Å². The van der Waals surface area contributed by atoms with Crippen LogP contribution in [0.1, 0.15) is 37.4 Å². The van der Waals surface area contributed by atoms with Crippen LogP contribution in [-0.4, -0.2) is 34.0 Å². The monoisotopic (exact) mass is 345 g/mol. The Morgan fingerprint density at radius 1 is 1.30 bits per heavy atom. The maximum Gasteiger partial charge on any atom is 0.215 e. The van der Waals surface area contributed by atoms with Gasteiger partial charge in [0.25, 0.3) is 0 Å². The van der Waals surface area contributed by atoms with E-state index in [-0.39, 0.29) is 34.0 Å². The van der Waals surface area contributed by atoms with E-state index < -0.39 is 62.2 Å². The minimum Gasteiger partial charge on any atom is -0.496 e. The van der Waals surface area contributed by atoms with E-state index in [0.29, 0.717) is 0 Å². The van der Waals surface area contributed by atoms with Crippen molar-refractivity contribution >= 4 is 22.9 Å². The van der Waals surface area contributed by atoms with Crippen molar-refractivity contribution in [1.29, 1.82) is 0 Å². The Kier molecular flexibility index (Phi) is 1.59. The third-order valence-corrected chi connectivity index (χ3v) is 3.40. The van der Waals surface area contributed by atoms with E-state index in [1.807, 2.05) is 0 Å². The predicted molar refractivity (Wildman–Crippen MR) is 90.3 cm³/mol. The summed E-state index contributed by atoms with van der Waals surface area (Å²) < 4.78 is 125. The van der Waals surface area contributed by atoms with Crippen LogP contribution in [-0.2, 0) is 5.70 Å². The lowest BCUT2D eigenvalue weighted by Gasteiger charge is -2.11. The molecule has 1 N–H and O–H groups in total. The number of ether oxygens (including phenoxy) is 2. The Hall–Kier alpha value is -2.28. The molecule has 0 fully saturated rings. The van der Waals surface area contributed by atoms with Gasteiger partial charge in [-0.05, 0) is 19.8 Å². The first-order valence-corrected chi connectivity index (χ1v) is 6.79. The lowest BCUT2D eigenvalue weighted by atomic mass is 10.1. The molecule has 0 bridgehead atoms. The van der Waals surface area contributed by atoms with Gasteiger partial charge in [0.05, 0.1) is 34.9 Å². The van der Waals surface area contributed by atoms with Gasteiger partial charge in [-0.1, -0.05) is 11.8 Å². The van der Waals surface area contributed by atoms with Crippen molar-refractivity contribution in [2.75, 3.05) is 14.1 Å². The maximum atomic E-state index is 8.53. The second kappa shape index (κ2) is 6.45. The van der Waals surface area contributed by atoms with Crippen molar-refractivity contribution in [3.63, 3.8) is 0 Å². The Balaban J connectivity index is 2.17. The Morgan fingerprint density at radius 2 is 2.26 bits per heavy atom. The summed E-state index contributed by atoms with van der Waals surface area (Å²) in [5.74, 6) is -1.50. The van der Waals surface area contributed by atoms with Gasteiger partial charge in [0.2, 0.25) is 5.88 Å². The number of thioether (sulfide) groups is 1. The first-order chi connectivity index (χ1) is 17.0. The van der Waals surface area contributed by atoms with E-state index in [1.54, 1.807) is 0 Å². The second-order valence-electron chi connectivity index (χ2n) is 4.12. The minimum atomic E-state index is -3.34. The molecule has 23 heavy (non-hydrogen) atoms. The SMILES string of the molecule is [2H]c1nc(C([2H])([2H])Sc2nc3nc(OC([2H])([2H])[2H])ccc3[nH]2)c(C([2H])([2H])[2H])c(OC([2H])([2H])[2H])c1C([2H])([2H])[2H]. The highest BCUT2D eigenvalue weighted by Gasteiger charge is 2.11. The number of hydrogen-bond donors (Lipinski definition) is 1. The van der Waals surface area contributed by atoms with Crippen LogP contribution in [0.4, 0.5) is 0 Å². The van der Waals surface area contributed by atoms with Gasteiger partial charge in [0, 0.05) is 40.0 Å². The number of fused-ring (bicyclic) bond motifs is 1. The maximum absolute atomic E-state index is 8.53. The average molecular weight is 346 g/mol. The molecule has 7 heteroatoms. The highest BCUT2D eigenvalue weighted by Crippen LogP contribution is 2.29. The summed E-state index contributed by atoms with van der Waals surface area (Å²) in [5.41, 5.74) is -5.88. The quantitative estimate of drug-likeness (QED) is 0.716. The fraction of sp³-hybridized carbons (Fsp3) is 0.312. The summed E-state index contributed by atoms with van der Waals surface area (Å²) in [6.07, 6.45) is -1.10. The molecule has 0 spiro atoms. The number of nitrogens with zero attached hydrogens (tertiary/aromatic N) is 3. The summed E-state index contributed by atoms with van der Waals surface area (Å²) in [6, 6.07) is 2.58. The topological polar surface area (TPSA) is 72.9 Å². The normalized spacial score (nSPS) is 23.4. The first-order valence-electron chi connectivity index (χ1n) is 13.5. The molecule has 0 aromatic carbocycles. The van der Waals surface area contributed by atoms with Gasteiger partial charge in [-0.2, -0.15) is 4.98 Å². The predicted octanol–water partition coefficient (Wildman–Crippen LogP) is 3.28. The molecule has 0 amide bonds. The molecule has 0 aliphatic heterocycles. The molecule has 3 heterocycles. The fourth-order valence-corrected chi connectivity index (χ4v) is 2.32. The van der Waals surface area contributed by atoms with Gasteiger partial charge in [-0.15, -0.1) is 0 Å². The number of aromatic amines is 1. The number of H-pyrrole nitrogens is 1. The molecule has 6 nitrogen and oxygen atoms in total. The number of hydrogen-bond acceptors (Lipinski definition) is 6. The lowest BCUT2D eigenvalue weighted by molar-refractivity contribution is 0.399. The van der Waals surface area contributed by atoms with Crippen LogP contribution < -0.4 is 9.47 Å². The summed E-state index contributed by atoms with van der Waals surface area (Å²) in [5, 5.41) is -0.188. The fourth-order valence-electron chi connectivity index (χ4n) is 1.68. The molecule has 0 saturated carbocycles. The zero-order chi connectivity index (χ0) is 29.1. The highest BCUT2D eigenvalue weighted by atomic mass is 32.2. The van der Waals surface area contributed by atoms with E-state index in [9.17, 15) is 0 Å². The van der Waals surface area contributed by atoms with Crippen molar-refractivity contribution in [2.45, 2.75) is 24.6 Å². The number of nitrogens with one attached hydrogen (secondary N) is 1. The van der Waals surface area contributed by atoms with Crippen LogP contribution in [0.3, 0.4) is 0 Å². The van der Waals surface area contributed by atoms with Crippen molar-refractivity contribution in [1.82, 2.24) is 19.9 Å². The third kappa shape index (κ3) is 3.10. The summed E-state index contributed by atoms with van der Waals surface area (Å²) in [7, 11) is -6.13. The highest BCUT2D eigenvalue weighted by molar-refractivity contribution is 7.98. The lowest BCUT2D eigenvalue weighted by Crippen LogP contribution is -1.98. The van der Waals surface area contributed by atoms with Crippen LogP contribution in [0.5, 0.6) is 11.6 Å². The molecule has 120 valence electrons. The van der Waals surface area contributed by atoms with Gasteiger partial charge in [-0.3, -0.25) is 4.98 Å². The number of methoxy groups -OCH3 is 2. The average Bonchev–Trinajstić information content (AvgIpc) is 3.03. The smallest absolute Gasteiger partial charge is 0.215 e. The van der Waals surface area contributed by atoms with Crippen molar-refractivity contribution in [2.24, 2.45) is 0 Å². The Labute approximate surface area is 159 Å². The summed E-state index contributed by atoms with van der Waals surface area (Å²) >= 11 is 0.265. The van der Waals surface area contributed by atoms with E-state index in [0.717, 1.165) is 0 Å². The molecule has 0 radical (unpaired) electrons. The van der Waals surface area contributed by atoms with E-state index in [2.05, 4.69) is 19.9 Å². The van der Waals surface area contributed by atoms with Gasteiger partial charge in [0.1, 0.15) is 5.75 Å². The Bertz CT molecular complexity index is 1340. The number of aromatic nitrogens is 4. The van der Waals surface area contributed by atoms with Crippen LogP contribution >= 0.6 is 11.8 Å². The number of rotatable bonds is 5. The van der Waals surface area contributed by atoms with Crippen molar-refractivity contribution in [3.05, 3.63) is 35.1 Å². The molecule has 3 aromatic heterocycles. The molecule has 0 aliphatic rings. The first kappa shape index (κ1) is 5.66. The molecule has 0 unspecified atom stereocenters. The number of pyridine rings is 2. The number of imidazole rings is 1. The zero-order valence-electron chi connectivity index (χ0n) is 26.2. The second-order valence-corrected chi connectivity index (χ2v) is 4.92. The molecule has 0 saturated heterocycles. The van der Waals surface area contributed by atoms with Crippen LogP contribution in [0.2, 0.25) is 0 Å². The molecule has 3 rings (SSSR count). The standard InChI is InChI=1S/C16H18N4O2S/c1-9-7-17-12(10(2)14(9)22-4)8-23-16-18-11-5-6-13(21-3)19-15(11)20-16/h5-7H,8H2,1-4H3,(H,18,19,20)/i1D3,2D3,3D3,4D3,7D,8D2. The molecule has 0 aliphatic carbocycles. The third-order valence-electron chi connectivity index (χ3n) is 2.72. The molecule has 0 atom stereocenters. The summed E-state index contributed by atoms with van der Waals surface area (Å²) in [6.45, 7) is -6.54. The summed E-state index contributed by atoms with van der Waals surface area (Å²) in [4.78, 5) is 14.3. The van der Waals surface area contributed by atoms with E-state index in [1.165, 1.54) is 12.1 Å². The minimum absolute atomic E-state index is 0.0700. The molecular weight excluding hydrogens is 312 g/mol.